The summed E-state index contributed by atoms with van der Waals surface area (Å²) in [5.41, 5.74) is 4.31. The van der Waals surface area contributed by atoms with E-state index in [1.54, 1.807) is 36.6 Å². The second kappa shape index (κ2) is 18.0. The maximum atomic E-state index is 13.2. The van der Waals surface area contributed by atoms with Crippen LogP contribution >= 0.6 is 0 Å². The predicted octanol–water partition coefficient (Wildman–Crippen LogP) is 6.50. The second-order valence-electron chi connectivity index (χ2n) is 15.1. The van der Waals surface area contributed by atoms with Crippen molar-refractivity contribution in [3.8, 4) is 11.5 Å². The van der Waals surface area contributed by atoms with Crippen molar-refractivity contribution in [1.29, 1.82) is 0 Å². The quantitative estimate of drug-likeness (QED) is 0.0718. The fourth-order valence-corrected chi connectivity index (χ4v) is 7.85. The molecule has 6 aromatic rings. The summed E-state index contributed by atoms with van der Waals surface area (Å²) in [7, 11) is 0. The summed E-state index contributed by atoms with van der Waals surface area (Å²) in [6.07, 6.45) is 2.25. The van der Waals surface area contributed by atoms with Gasteiger partial charge in [-0.3, -0.25) is 9.69 Å². The fourth-order valence-electron chi connectivity index (χ4n) is 7.85. The van der Waals surface area contributed by atoms with Crippen molar-refractivity contribution in [2.45, 2.75) is 50.8 Å². The summed E-state index contributed by atoms with van der Waals surface area (Å²) in [4.78, 5) is 42.7. The first-order chi connectivity index (χ1) is 28.8. The Bertz CT molecular complexity index is 2440. The summed E-state index contributed by atoms with van der Waals surface area (Å²) in [5, 5.41) is 27.8. The van der Waals surface area contributed by atoms with Crippen LogP contribution < -0.4 is 20.9 Å². The van der Waals surface area contributed by atoms with Gasteiger partial charge in [0.15, 0.2) is 0 Å². The number of fused-ring (bicyclic) bond motifs is 4. The van der Waals surface area contributed by atoms with Gasteiger partial charge in [-0.25, -0.2) is 9.59 Å². The van der Waals surface area contributed by atoms with Crippen LogP contribution in [-0.4, -0.2) is 64.4 Å². The molecule has 1 amide bonds. The van der Waals surface area contributed by atoms with Gasteiger partial charge in [-0.1, -0.05) is 60.7 Å². The molecule has 3 saturated heterocycles. The van der Waals surface area contributed by atoms with E-state index in [1.807, 2.05) is 66.7 Å². The van der Waals surface area contributed by atoms with Gasteiger partial charge in [0.1, 0.15) is 36.6 Å². The van der Waals surface area contributed by atoms with E-state index in [0.29, 0.717) is 40.5 Å². The molecule has 9 rings (SSSR count). The van der Waals surface area contributed by atoms with Crippen LogP contribution in [0, 0.1) is 5.92 Å². The van der Waals surface area contributed by atoms with Crippen LogP contribution in [0.5, 0.6) is 11.5 Å². The molecule has 13 nitrogen and oxygen atoms in total. The van der Waals surface area contributed by atoms with Crippen LogP contribution in [0.3, 0.4) is 0 Å². The van der Waals surface area contributed by atoms with Gasteiger partial charge in [0, 0.05) is 36.7 Å². The summed E-state index contributed by atoms with van der Waals surface area (Å²) in [6, 6.07) is 31.7. The van der Waals surface area contributed by atoms with Crippen LogP contribution in [0.4, 0.5) is 4.79 Å². The Morgan fingerprint density at radius 3 is 2.46 bits per heavy atom. The Kier molecular flexibility index (Phi) is 12.0. The van der Waals surface area contributed by atoms with Crippen molar-refractivity contribution >= 4 is 23.0 Å². The number of ether oxygens (including phenoxy) is 3. The number of aliphatic hydroxyl groups excluding tert-OH is 1. The lowest BCUT2D eigenvalue weighted by atomic mass is 9.86. The Balaban J connectivity index is 0.806. The number of aromatic hydroxyl groups is 1. The SMILES string of the molecule is O=C(NC(c1ccccc1)c1cccc(OCc2ccc(C(=O)OCc3cc(CNC[C@@H](O)c4ccc(O)c5[nH]c(=O)ccc45)co3)cc2)c1)O[C@H]1CN2CCC1CC2. The molecule has 3 aliphatic rings. The normalized spacial score (nSPS) is 18.2. The lowest BCUT2D eigenvalue weighted by Gasteiger charge is -2.43. The number of aromatic amines is 1. The van der Waals surface area contributed by atoms with Gasteiger partial charge in [-0.15, -0.1) is 0 Å². The number of carbonyl (C=O) groups is 2. The number of amides is 1. The molecular formula is C46H46N4O9. The highest BCUT2D eigenvalue weighted by Crippen LogP contribution is 2.31. The summed E-state index contributed by atoms with van der Waals surface area (Å²) in [6.45, 7) is 3.72. The van der Waals surface area contributed by atoms with E-state index >= 15 is 0 Å². The van der Waals surface area contributed by atoms with E-state index in [0.717, 1.165) is 54.7 Å². The zero-order valence-corrected chi connectivity index (χ0v) is 32.3. The maximum absolute atomic E-state index is 13.2. The molecule has 59 heavy (non-hydrogen) atoms. The van der Waals surface area contributed by atoms with E-state index in [2.05, 4.69) is 20.5 Å². The van der Waals surface area contributed by atoms with E-state index in [-0.39, 0.29) is 42.7 Å². The highest BCUT2D eigenvalue weighted by molar-refractivity contribution is 5.89. The molecule has 5 N–H and O–H groups in total. The zero-order chi connectivity index (χ0) is 40.7. The minimum absolute atomic E-state index is 0.0589. The summed E-state index contributed by atoms with van der Waals surface area (Å²) in [5.74, 6) is 0.936. The van der Waals surface area contributed by atoms with E-state index in [1.165, 1.54) is 12.1 Å². The number of alkyl carbamates (subject to hydrolysis) is 1. The fraction of sp³-hybridized carbons (Fsp3) is 0.283. The second-order valence-corrected chi connectivity index (χ2v) is 15.1. The molecule has 3 aliphatic heterocycles. The molecule has 4 aromatic carbocycles. The summed E-state index contributed by atoms with van der Waals surface area (Å²) < 4.78 is 23.2. The number of rotatable bonds is 15. The minimum Gasteiger partial charge on any atom is -0.506 e. The number of H-pyrrole nitrogens is 1. The number of nitrogens with one attached hydrogen (secondary N) is 3. The molecular weight excluding hydrogens is 753 g/mol. The van der Waals surface area contributed by atoms with Crippen LogP contribution in [0.2, 0.25) is 0 Å². The average molecular weight is 799 g/mol. The molecule has 0 aliphatic carbocycles. The number of phenols is 1. The highest BCUT2D eigenvalue weighted by atomic mass is 16.6. The third kappa shape index (κ3) is 9.66. The van der Waals surface area contributed by atoms with Gasteiger partial charge in [0.25, 0.3) is 0 Å². The number of piperidine rings is 3. The van der Waals surface area contributed by atoms with Crippen molar-refractivity contribution in [2.24, 2.45) is 5.92 Å². The first-order valence-electron chi connectivity index (χ1n) is 19.8. The molecule has 0 saturated carbocycles. The Labute approximate surface area is 340 Å². The molecule has 304 valence electrons. The van der Waals surface area contributed by atoms with E-state index < -0.39 is 24.2 Å². The lowest BCUT2D eigenvalue weighted by molar-refractivity contribution is -0.0336. The highest BCUT2D eigenvalue weighted by Gasteiger charge is 2.37. The number of benzene rings is 4. The molecule has 0 radical (unpaired) electrons. The number of furan rings is 1. The van der Waals surface area contributed by atoms with Crippen LogP contribution in [-0.2, 0) is 29.2 Å². The van der Waals surface area contributed by atoms with Crippen molar-refractivity contribution < 1.29 is 38.4 Å². The minimum atomic E-state index is -0.904. The maximum Gasteiger partial charge on any atom is 0.408 e. The molecule has 13 heteroatoms. The average Bonchev–Trinajstić information content (AvgIpc) is 3.72. The topological polar surface area (TPSA) is 176 Å². The molecule has 1 unspecified atom stereocenters. The molecule has 3 fully saturated rings. The van der Waals surface area contributed by atoms with Gasteiger partial charge >= 0.3 is 12.1 Å². The van der Waals surface area contributed by atoms with Gasteiger partial charge in [0.05, 0.1) is 29.5 Å². The van der Waals surface area contributed by atoms with Gasteiger partial charge < -0.3 is 44.5 Å². The van der Waals surface area contributed by atoms with Crippen LogP contribution in [0.25, 0.3) is 10.9 Å². The van der Waals surface area contributed by atoms with Gasteiger partial charge in [-0.05, 0) is 96.6 Å². The van der Waals surface area contributed by atoms with E-state index in [9.17, 15) is 24.6 Å². The Hall–Kier alpha value is -6.41. The number of hydrogen-bond donors (Lipinski definition) is 5. The van der Waals surface area contributed by atoms with E-state index in [4.69, 9.17) is 18.6 Å². The molecule has 2 aromatic heterocycles. The number of aromatic nitrogens is 1. The first-order valence-corrected chi connectivity index (χ1v) is 19.8. The van der Waals surface area contributed by atoms with Crippen molar-refractivity contribution in [1.82, 2.24) is 20.5 Å². The lowest BCUT2D eigenvalue weighted by Crippen LogP contribution is -2.52. The number of hydrogen-bond acceptors (Lipinski definition) is 11. The number of aliphatic hydroxyl groups is 1. The number of phenolic OH excluding ortho intramolecular Hbond substituents is 1. The number of nitrogens with zero attached hydrogens (tertiary/aromatic N) is 1. The monoisotopic (exact) mass is 798 g/mol. The van der Waals surface area contributed by atoms with Crippen molar-refractivity contribution in [3.05, 3.63) is 165 Å². The Morgan fingerprint density at radius 1 is 0.881 bits per heavy atom. The molecule has 3 atom stereocenters. The van der Waals surface area contributed by atoms with Crippen LogP contribution in [0.1, 0.15) is 68.9 Å². The number of carbonyl (C=O) groups excluding carboxylic acids is 2. The Morgan fingerprint density at radius 2 is 1.68 bits per heavy atom. The zero-order valence-electron chi connectivity index (χ0n) is 32.3. The standard InChI is InChI=1S/C46H46N4O9/c51-39-15-13-37(38-14-16-42(53)48-44(38)39)40(52)24-47-23-30-21-36(57-27-30)28-58-45(54)33-11-9-29(10-12-33)26-56-35-8-4-7-34(22-35)43(32-5-2-1-3-6-32)49-46(55)59-41-25-50-19-17-31(41)18-20-50/h1-16,21-22,27,31,40-41,43,47,51-52H,17-20,23-26,28H2,(H,48,53)(H,49,55)/t40-,41+,43?/m1/s1. The molecule has 5 heterocycles. The predicted molar refractivity (Wildman–Crippen MR) is 219 cm³/mol. The number of esters is 1. The molecule has 2 bridgehead atoms. The number of pyridine rings is 1. The largest absolute Gasteiger partial charge is 0.506 e. The summed E-state index contributed by atoms with van der Waals surface area (Å²) >= 11 is 0. The van der Waals surface area contributed by atoms with Gasteiger partial charge in [0.2, 0.25) is 5.56 Å². The van der Waals surface area contributed by atoms with Gasteiger partial charge in [-0.2, -0.15) is 0 Å². The first kappa shape index (κ1) is 39.4. The third-order valence-corrected chi connectivity index (χ3v) is 11.0. The van der Waals surface area contributed by atoms with Crippen molar-refractivity contribution in [3.63, 3.8) is 0 Å². The smallest absolute Gasteiger partial charge is 0.408 e. The van der Waals surface area contributed by atoms with Crippen LogP contribution in [0.15, 0.2) is 125 Å². The molecule has 0 spiro atoms. The third-order valence-electron chi connectivity index (χ3n) is 11.0. The van der Waals surface area contributed by atoms with Crippen molar-refractivity contribution in [2.75, 3.05) is 26.2 Å².